The van der Waals surface area contributed by atoms with Gasteiger partial charge in [0.05, 0.1) is 17.6 Å². The summed E-state index contributed by atoms with van der Waals surface area (Å²) in [5.74, 6) is 0. The van der Waals surface area contributed by atoms with Crippen LogP contribution in [-0.4, -0.2) is 38.5 Å². The van der Waals surface area contributed by atoms with E-state index >= 15 is 0 Å². The Hall–Kier alpha value is -1.11. The van der Waals surface area contributed by atoms with Crippen LogP contribution in [0.3, 0.4) is 0 Å². The van der Waals surface area contributed by atoms with Crippen molar-refractivity contribution in [3.05, 3.63) is 23.3 Å². The van der Waals surface area contributed by atoms with Gasteiger partial charge in [-0.1, -0.05) is 6.92 Å². The van der Waals surface area contributed by atoms with Crippen LogP contribution in [0, 0.1) is 13.8 Å². The molecule has 112 valence electrons. The van der Waals surface area contributed by atoms with Crippen LogP contribution >= 0.6 is 0 Å². The van der Waals surface area contributed by atoms with Gasteiger partial charge in [-0.25, -0.2) is 8.42 Å². The fourth-order valence-corrected chi connectivity index (χ4v) is 4.21. The predicted octanol–water partition coefficient (Wildman–Crippen LogP) is 1.69. The van der Waals surface area contributed by atoms with E-state index in [1.165, 1.54) is 4.31 Å². The van der Waals surface area contributed by atoms with Crippen molar-refractivity contribution in [1.29, 1.82) is 0 Å². The summed E-state index contributed by atoms with van der Waals surface area (Å²) in [7, 11) is -3.51. The van der Waals surface area contributed by atoms with Crippen molar-refractivity contribution in [2.24, 2.45) is 0 Å². The molecule has 6 heteroatoms. The summed E-state index contributed by atoms with van der Waals surface area (Å²) in [6.07, 6.45) is 0.780. The fourth-order valence-electron chi connectivity index (χ4n) is 2.42. The van der Waals surface area contributed by atoms with Crippen LogP contribution in [0.5, 0.6) is 0 Å². The first-order chi connectivity index (χ1) is 9.36. The van der Waals surface area contributed by atoms with Gasteiger partial charge < -0.3 is 10.5 Å². The number of aryl methyl sites for hydroxylation is 1. The molecule has 5 nitrogen and oxygen atoms in total. The molecule has 1 atom stereocenters. The molecule has 1 fully saturated rings. The van der Waals surface area contributed by atoms with Gasteiger partial charge in [0.15, 0.2) is 0 Å². The molecule has 0 radical (unpaired) electrons. The van der Waals surface area contributed by atoms with E-state index in [1.54, 1.807) is 19.1 Å². The largest absolute Gasteiger partial charge is 0.398 e. The average Bonchev–Trinajstić information content (AvgIpc) is 2.42. The number of nitrogens with two attached hydrogens (primary N) is 1. The lowest BCUT2D eigenvalue weighted by molar-refractivity contribution is -0.00278. The molecule has 0 bridgehead atoms. The number of sulfonamides is 1. The summed E-state index contributed by atoms with van der Waals surface area (Å²) in [6.45, 7) is 6.84. The molecule has 1 aromatic rings. The van der Waals surface area contributed by atoms with Crippen molar-refractivity contribution in [2.45, 2.75) is 38.2 Å². The van der Waals surface area contributed by atoms with Crippen LogP contribution in [-0.2, 0) is 14.8 Å². The second-order valence-electron chi connectivity index (χ2n) is 5.24. The molecule has 1 aliphatic heterocycles. The summed E-state index contributed by atoms with van der Waals surface area (Å²) >= 11 is 0. The van der Waals surface area contributed by atoms with Crippen LogP contribution in [0.1, 0.15) is 24.5 Å². The van der Waals surface area contributed by atoms with E-state index in [0.29, 0.717) is 35.8 Å². The van der Waals surface area contributed by atoms with Crippen molar-refractivity contribution < 1.29 is 13.2 Å². The second kappa shape index (κ2) is 5.71. The lowest BCUT2D eigenvalue weighted by Gasteiger charge is -2.32. The zero-order valence-electron chi connectivity index (χ0n) is 12.2. The smallest absolute Gasteiger partial charge is 0.243 e. The van der Waals surface area contributed by atoms with Crippen molar-refractivity contribution in [3.63, 3.8) is 0 Å². The van der Waals surface area contributed by atoms with Crippen LogP contribution in [0.25, 0.3) is 0 Å². The molecule has 0 aliphatic carbocycles. The van der Waals surface area contributed by atoms with E-state index in [0.717, 1.165) is 12.0 Å². The second-order valence-corrected chi connectivity index (χ2v) is 7.15. The van der Waals surface area contributed by atoms with Crippen molar-refractivity contribution >= 4 is 15.7 Å². The van der Waals surface area contributed by atoms with Crippen LogP contribution in [0.2, 0.25) is 0 Å². The summed E-state index contributed by atoms with van der Waals surface area (Å²) in [5.41, 5.74) is 7.89. The molecule has 1 saturated heterocycles. The highest BCUT2D eigenvalue weighted by molar-refractivity contribution is 7.89. The number of benzene rings is 1. The van der Waals surface area contributed by atoms with E-state index in [2.05, 4.69) is 0 Å². The van der Waals surface area contributed by atoms with Crippen molar-refractivity contribution in [1.82, 2.24) is 4.31 Å². The molecular weight excluding hydrogens is 276 g/mol. The quantitative estimate of drug-likeness (QED) is 0.862. The van der Waals surface area contributed by atoms with Gasteiger partial charge in [0.1, 0.15) is 0 Å². The number of rotatable bonds is 3. The lowest BCUT2D eigenvalue weighted by atomic mass is 10.1. The van der Waals surface area contributed by atoms with Crippen molar-refractivity contribution in [3.8, 4) is 0 Å². The first-order valence-electron chi connectivity index (χ1n) is 6.84. The molecular formula is C14H22N2O3S. The normalized spacial score (nSPS) is 21.1. The third-order valence-electron chi connectivity index (χ3n) is 3.72. The van der Waals surface area contributed by atoms with Gasteiger partial charge in [-0.2, -0.15) is 4.31 Å². The Morgan fingerprint density at radius 1 is 1.40 bits per heavy atom. The molecule has 1 aliphatic rings. The van der Waals surface area contributed by atoms with Crippen molar-refractivity contribution in [2.75, 3.05) is 25.4 Å². The summed E-state index contributed by atoms with van der Waals surface area (Å²) in [6, 6.07) is 3.49. The Balaban J connectivity index is 2.40. The standard InChI is InChI=1S/C14H22N2O3S/c1-4-12-9-16(5-6-19-12)20(17,18)14-8-10(2)7-13(15)11(14)3/h7-8,12H,4-6,9,15H2,1-3H3. The lowest BCUT2D eigenvalue weighted by Crippen LogP contribution is -2.45. The molecule has 1 unspecified atom stereocenters. The monoisotopic (exact) mass is 298 g/mol. The number of morpholine rings is 1. The van der Waals surface area contributed by atoms with Gasteiger partial charge in [0.2, 0.25) is 10.0 Å². The highest BCUT2D eigenvalue weighted by Crippen LogP contribution is 2.27. The minimum absolute atomic E-state index is 0.0269. The van der Waals surface area contributed by atoms with Gasteiger partial charge in [0.25, 0.3) is 0 Å². The van der Waals surface area contributed by atoms with Gasteiger partial charge in [-0.3, -0.25) is 0 Å². The molecule has 2 N–H and O–H groups in total. The van der Waals surface area contributed by atoms with E-state index < -0.39 is 10.0 Å². The average molecular weight is 298 g/mol. The Morgan fingerprint density at radius 2 is 2.10 bits per heavy atom. The van der Waals surface area contributed by atoms with Crippen LogP contribution in [0.15, 0.2) is 17.0 Å². The topological polar surface area (TPSA) is 72.6 Å². The molecule has 1 heterocycles. The Bertz CT molecular complexity index is 599. The van der Waals surface area contributed by atoms with Gasteiger partial charge in [-0.05, 0) is 43.5 Å². The molecule has 1 aromatic carbocycles. The number of nitrogen functional groups attached to an aromatic ring is 1. The van der Waals surface area contributed by atoms with Gasteiger partial charge >= 0.3 is 0 Å². The summed E-state index contributed by atoms with van der Waals surface area (Å²) < 4.78 is 32.6. The maximum atomic E-state index is 12.8. The highest BCUT2D eigenvalue weighted by atomic mass is 32.2. The van der Waals surface area contributed by atoms with E-state index in [-0.39, 0.29) is 6.10 Å². The maximum Gasteiger partial charge on any atom is 0.243 e. The van der Waals surface area contributed by atoms with Crippen LogP contribution in [0.4, 0.5) is 5.69 Å². The number of ether oxygens (including phenoxy) is 1. The molecule has 0 spiro atoms. The number of hydrogen-bond donors (Lipinski definition) is 1. The SMILES string of the molecule is CCC1CN(S(=O)(=O)c2cc(C)cc(N)c2C)CCO1. The third-order valence-corrected chi connectivity index (χ3v) is 5.71. The Kier molecular flexibility index (Phi) is 4.36. The summed E-state index contributed by atoms with van der Waals surface area (Å²) in [4.78, 5) is 0.312. The molecule has 2 rings (SSSR count). The highest BCUT2D eigenvalue weighted by Gasteiger charge is 2.31. The predicted molar refractivity (Wildman–Crippen MR) is 79.1 cm³/mol. The minimum atomic E-state index is -3.51. The number of anilines is 1. The maximum absolute atomic E-state index is 12.8. The molecule has 0 amide bonds. The Morgan fingerprint density at radius 3 is 2.75 bits per heavy atom. The summed E-state index contributed by atoms with van der Waals surface area (Å²) in [5, 5.41) is 0. The molecule has 0 aromatic heterocycles. The van der Waals surface area contributed by atoms with E-state index in [1.807, 2.05) is 13.8 Å². The zero-order chi connectivity index (χ0) is 14.9. The fraction of sp³-hybridized carbons (Fsp3) is 0.571. The third kappa shape index (κ3) is 2.82. The van der Waals surface area contributed by atoms with Gasteiger partial charge in [0, 0.05) is 18.8 Å². The number of nitrogens with zero attached hydrogens (tertiary/aromatic N) is 1. The zero-order valence-corrected chi connectivity index (χ0v) is 13.0. The van der Waals surface area contributed by atoms with E-state index in [4.69, 9.17) is 10.5 Å². The first kappa shape index (κ1) is 15.3. The Labute approximate surface area is 120 Å². The van der Waals surface area contributed by atoms with Crippen LogP contribution < -0.4 is 5.73 Å². The number of hydrogen-bond acceptors (Lipinski definition) is 4. The molecule has 0 saturated carbocycles. The first-order valence-corrected chi connectivity index (χ1v) is 8.28. The minimum Gasteiger partial charge on any atom is -0.398 e. The van der Waals surface area contributed by atoms with E-state index in [9.17, 15) is 8.42 Å². The van der Waals surface area contributed by atoms with Gasteiger partial charge in [-0.15, -0.1) is 0 Å². The molecule has 20 heavy (non-hydrogen) atoms.